The summed E-state index contributed by atoms with van der Waals surface area (Å²) in [6.07, 6.45) is 1.08. The number of urea groups is 1. The number of aliphatic carboxylic acids is 1. The highest BCUT2D eigenvalue weighted by atomic mass is 16.4. The summed E-state index contributed by atoms with van der Waals surface area (Å²) in [4.78, 5) is 26.8. The second-order valence-electron chi connectivity index (χ2n) is 5.66. The molecule has 0 unspecified atom stereocenters. The Morgan fingerprint density at radius 1 is 1.29 bits per heavy atom. The Morgan fingerprint density at radius 3 is 2.48 bits per heavy atom. The van der Waals surface area contributed by atoms with Gasteiger partial charge in [-0.25, -0.2) is 4.79 Å². The minimum Gasteiger partial charge on any atom is -0.481 e. The van der Waals surface area contributed by atoms with Crippen LogP contribution in [-0.2, 0) is 11.3 Å². The molecule has 0 aromatic heterocycles. The highest BCUT2D eigenvalue weighted by Crippen LogP contribution is 2.19. The number of amides is 2. The fourth-order valence-electron chi connectivity index (χ4n) is 2.67. The molecule has 0 aliphatic carbocycles. The molecule has 1 fully saturated rings. The van der Waals surface area contributed by atoms with Crippen molar-refractivity contribution in [2.45, 2.75) is 26.3 Å². The number of aryl methyl sites for hydroxylation is 1. The molecule has 5 nitrogen and oxygen atoms in total. The Labute approximate surface area is 125 Å². The number of rotatable bonds is 3. The first-order valence-corrected chi connectivity index (χ1v) is 7.26. The molecule has 21 heavy (non-hydrogen) atoms. The van der Waals surface area contributed by atoms with Gasteiger partial charge >= 0.3 is 12.0 Å². The number of hydrogen-bond acceptors (Lipinski definition) is 2. The number of nitrogens with zero attached hydrogens (tertiary/aromatic N) is 2. The van der Waals surface area contributed by atoms with Crippen LogP contribution < -0.4 is 0 Å². The maximum Gasteiger partial charge on any atom is 0.320 e. The SMILES string of the molecule is Cc1ccccc1CN(C)C(=O)N1CCC(C(=O)O)CC1. The predicted octanol–water partition coefficient (Wildman–Crippen LogP) is 2.34. The van der Waals surface area contributed by atoms with Crippen LogP contribution in [0.25, 0.3) is 0 Å². The van der Waals surface area contributed by atoms with E-state index in [2.05, 4.69) is 0 Å². The van der Waals surface area contributed by atoms with E-state index in [9.17, 15) is 9.59 Å². The minimum atomic E-state index is -0.754. The van der Waals surface area contributed by atoms with Crippen molar-refractivity contribution in [2.75, 3.05) is 20.1 Å². The third kappa shape index (κ3) is 3.74. The van der Waals surface area contributed by atoms with Crippen molar-refractivity contribution in [3.05, 3.63) is 35.4 Å². The molecule has 0 saturated carbocycles. The van der Waals surface area contributed by atoms with Gasteiger partial charge < -0.3 is 14.9 Å². The topological polar surface area (TPSA) is 60.9 Å². The van der Waals surface area contributed by atoms with Gasteiger partial charge in [0.15, 0.2) is 0 Å². The van der Waals surface area contributed by atoms with Gasteiger partial charge in [-0.2, -0.15) is 0 Å². The maximum atomic E-state index is 12.4. The zero-order valence-electron chi connectivity index (χ0n) is 12.6. The Bertz CT molecular complexity index is 522. The van der Waals surface area contributed by atoms with Crippen molar-refractivity contribution in [1.29, 1.82) is 0 Å². The zero-order valence-corrected chi connectivity index (χ0v) is 12.6. The molecular formula is C16H22N2O3. The van der Waals surface area contributed by atoms with Gasteiger partial charge in [-0.05, 0) is 30.9 Å². The van der Waals surface area contributed by atoms with Gasteiger partial charge in [0.2, 0.25) is 0 Å². The van der Waals surface area contributed by atoms with E-state index in [4.69, 9.17) is 5.11 Å². The second-order valence-corrected chi connectivity index (χ2v) is 5.66. The monoisotopic (exact) mass is 290 g/mol. The zero-order chi connectivity index (χ0) is 15.4. The number of carbonyl (C=O) groups is 2. The van der Waals surface area contributed by atoms with E-state index in [0.717, 1.165) is 5.56 Å². The van der Waals surface area contributed by atoms with Crippen molar-refractivity contribution in [3.8, 4) is 0 Å². The molecule has 0 bridgehead atoms. The summed E-state index contributed by atoms with van der Waals surface area (Å²) in [7, 11) is 1.79. The first-order valence-electron chi connectivity index (χ1n) is 7.26. The van der Waals surface area contributed by atoms with E-state index < -0.39 is 5.97 Å². The van der Waals surface area contributed by atoms with Crippen LogP contribution in [0.3, 0.4) is 0 Å². The summed E-state index contributed by atoms with van der Waals surface area (Å²) in [5, 5.41) is 8.98. The molecule has 0 radical (unpaired) electrons. The lowest BCUT2D eigenvalue weighted by atomic mass is 9.97. The van der Waals surface area contributed by atoms with Gasteiger partial charge in [-0.1, -0.05) is 24.3 Å². The first kappa shape index (κ1) is 15.4. The smallest absolute Gasteiger partial charge is 0.320 e. The summed E-state index contributed by atoms with van der Waals surface area (Å²) < 4.78 is 0. The van der Waals surface area contributed by atoms with Crippen molar-refractivity contribution >= 4 is 12.0 Å². The summed E-state index contributed by atoms with van der Waals surface area (Å²) >= 11 is 0. The molecule has 2 rings (SSSR count). The summed E-state index contributed by atoms with van der Waals surface area (Å²) in [6, 6.07) is 7.99. The molecule has 0 spiro atoms. The van der Waals surface area contributed by atoms with Crippen molar-refractivity contribution in [2.24, 2.45) is 5.92 Å². The van der Waals surface area contributed by atoms with Crippen LogP contribution in [-0.4, -0.2) is 47.0 Å². The van der Waals surface area contributed by atoms with Crippen LogP contribution in [0.4, 0.5) is 4.79 Å². The lowest BCUT2D eigenvalue weighted by Gasteiger charge is -2.33. The highest BCUT2D eigenvalue weighted by molar-refractivity contribution is 5.75. The lowest BCUT2D eigenvalue weighted by Crippen LogP contribution is -2.45. The van der Waals surface area contributed by atoms with E-state index in [1.807, 2.05) is 31.2 Å². The number of carboxylic acids is 1. The Kier molecular flexibility index (Phi) is 4.83. The van der Waals surface area contributed by atoms with Crippen LogP contribution in [0.2, 0.25) is 0 Å². The average molecular weight is 290 g/mol. The summed E-state index contributed by atoms with van der Waals surface area (Å²) in [5.41, 5.74) is 2.30. The molecule has 1 heterocycles. The number of benzene rings is 1. The van der Waals surface area contributed by atoms with Crippen LogP contribution in [0, 0.1) is 12.8 Å². The van der Waals surface area contributed by atoms with Gasteiger partial charge in [0.1, 0.15) is 0 Å². The van der Waals surface area contributed by atoms with E-state index in [1.165, 1.54) is 5.56 Å². The fourth-order valence-corrected chi connectivity index (χ4v) is 2.67. The molecule has 1 aliphatic rings. The summed E-state index contributed by atoms with van der Waals surface area (Å²) in [6.45, 7) is 3.65. The third-order valence-electron chi connectivity index (χ3n) is 4.11. The minimum absolute atomic E-state index is 0.0258. The molecule has 5 heteroatoms. The van der Waals surface area contributed by atoms with Crippen LogP contribution in [0.5, 0.6) is 0 Å². The average Bonchev–Trinajstić information content (AvgIpc) is 2.49. The first-order chi connectivity index (χ1) is 9.99. The second kappa shape index (κ2) is 6.61. The van der Waals surface area contributed by atoms with Gasteiger partial charge in [-0.15, -0.1) is 0 Å². The third-order valence-corrected chi connectivity index (χ3v) is 4.11. The molecular weight excluding hydrogens is 268 g/mol. The van der Waals surface area contributed by atoms with Gasteiger partial charge in [-0.3, -0.25) is 4.79 Å². The van der Waals surface area contributed by atoms with Crippen molar-refractivity contribution < 1.29 is 14.7 Å². The van der Waals surface area contributed by atoms with E-state index >= 15 is 0 Å². The van der Waals surface area contributed by atoms with E-state index in [-0.39, 0.29) is 11.9 Å². The van der Waals surface area contributed by atoms with Gasteiger partial charge in [0.05, 0.1) is 5.92 Å². The van der Waals surface area contributed by atoms with Crippen LogP contribution in [0.15, 0.2) is 24.3 Å². The van der Waals surface area contributed by atoms with Crippen LogP contribution >= 0.6 is 0 Å². The van der Waals surface area contributed by atoms with Gasteiger partial charge in [0.25, 0.3) is 0 Å². The molecule has 2 amide bonds. The molecule has 1 aromatic carbocycles. The van der Waals surface area contributed by atoms with E-state index in [0.29, 0.717) is 32.5 Å². The maximum absolute atomic E-state index is 12.4. The molecule has 1 saturated heterocycles. The predicted molar refractivity (Wildman–Crippen MR) is 80.0 cm³/mol. The molecule has 1 aromatic rings. The van der Waals surface area contributed by atoms with Crippen LogP contribution in [0.1, 0.15) is 24.0 Å². The van der Waals surface area contributed by atoms with E-state index in [1.54, 1.807) is 16.8 Å². The fraction of sp³-hybridized carbons (Fsp3) is 0.500. The molecule has 1 aliphatic heterocycles. The number of likely N-dealkylation sites (tertiary alicyclic amines) is 1. The number of carbonyl (C=O) groups excluding carboxylic acids is 1. The highest BCUT2D eigenvalue weighted by Gasteiger charge is 2.28. The van der Waals surface area contributed by atoms with Gasteiger partial charge in [0, 0.05) is 26.7 Å². The Balaban J connectivity index is 1.92. The molecule has 114 valence electrons. The largest absolute Gasteiger partial charge is 0.481 e. The normalized spacial score (nSPS) is 15.8. The Morgan fingerprint density at radius 2 is 1.90 bits per heavy atom. The van der Waals surface area contributed by atoms with Crippen molar-refractivity contribution in [3.63, 3.8) is 0 Å². The number of hydrogen-bond donors (Lipinski definition) is 1. The number of piperidine rings is 1. The standard InChI is InChI=1S/C16H22N2O3/c1-12-5-3-4-6-14(12)11-17(2)16(21)18-9-7-13(8-10-18)15(19)20/h3-6,13H,7-11H2,1-2H3,(H,19,20). The summed E-state index contributed by atoms with van der Waals surface area (Å²) in [5.74, 6) is -1.06. The number of carboxylic acid groups (broad SMARTS) is 1. The van der Waals surface area contributed by atoms with Crippen molar-refractivity contribution in [1.82, 2.24) is 9.80 Å². The molecule has 1 N–H and O–H groups in total. The Hall–Kier alpha value is -2.04. The lowest BCUT2D eigenvalue weighted by molar-refractivity contribution is -0.143. The molecule has 0 atom stereocenters. The quantitative estimate of drug-likeness (QED) is 0.929.